The van der Waals surface area contributed by atoms with Crippen molar-refractivity contribution in [1.29, 1.82) is 0 Å². The maximum absolute atomic E-state index is 12.6. The minimum atomic E-state index is -0.758. The molecule has 2 atom stereocenters. The molecule has 0 saturated carbocycles. The normalized spacial score (nSPS) is 12.4. The third-order valence-electron chi connectivity index (χ3n) is 12.7. The van der Waals surface area contributed by atoms with Crippen molar-refractivity contribution >= 4 is 17.9 Å². The van der Waals surface area contributed by atoms with Gasteiger partial charge in [-0.1, -0.05) is 265 Å². The van der Waals surface area contributed by atoms with Crippen LogP contribution >= 0.6 is 0 Å². The SMILES string of the molecule is CCCCCCCCCCCCCCCCCC(=O)OC[C@H](COC(=O)CCCCCCCCCCCCCCCCCCCCC(C)CC)OC(=O)CCCCCCC. The summed E-state index contributed by atoms with van der Waals surface area (Å²) < 4.78 is 16.7. The van der Waals surface area contributed by atoms with Gasteiger partial charge in [-0.2, -0.15) is 0 Å². The van der Waals surface area contributed by atoms with Crippen LogP contribution in [0.2, 0.25) is 0 Å². The Morgan fingerprint density at radius 1 is 0.333 bits per heavy atom. The first-order chi connectivity index (χ1) is 29.4. The number of hydrogen-bond donors (Lipinski definition) is 0. The molecule has 0 N–H and O–H groups in total. The van der Waals surface area contributed by atoms with Crippen LogP contribution in [0.5, 0.6) is 0 Å². The van der Waals surface area contributed by atoms with Crippen LogP contribution in [-0.4, -0.2) is 37.2 Å². The second-order valence-corrected chi connectivity index (χ2v) is 18.8. The van der Waals surface area contributed by atoms with Crippen molar-refractivity contribution < 1.29 is 28.6 Å². The lowest BCUT2D eigenvalue weighted by Crippen LogP contribution is -2.30. The van der Waals surface area contributed by atoms with Gasteiger partial charge < -0.3 is 14.2 Å². The van der Waals surface area contributed by atoms with Gasteiger partial charge in [0.15, 0.2) is 6.10 Å². The largest absolute Gasteiger partial charge is 0.462 e. The first kappa shape index (κ1) is 58.4. The second-order valence-electron chi connectivity index (χ2n) is 18.8. The van der Waals surface area contributed by atoms with E-state index in [0.29, 0.717) is 19.3 Å². The van der Waals surface area contributed by atoms with E-state index in [0.717, 1.165) is 70.1 Å². The lowest BCUT2D eigenvalue weighted by molar-refractivity contribution is -0.167. The average Bonchev–Trinajstić information content (AvgIpc) is 3.24. The zero-order valence-corrected chi connectivity index (χ0v) is 40.9. The summed E-state index contributed by atoms with van der Waals surface area (Å²) in [5.74, 6) is 0.0521. The molecule has 356 valence electrons. The topological polar surface area (TPSA) is 78.9 Å². The molecule has 1 unspecified atom stereocenters. The molecular formula is C54H104O6. The molecule has 6 nitrogen and oxygen atoms in total. The van der Waals surface area contributed by atoms with E-state index < -0.39 is 6.10 Å². The van der Waals surface area contributed by atoms with Gasteiger partial charge in [-0.05, 0) is 25.2 Å². The summed E-state index contributed by atoms with van der Waals surface area (Å²) in [6.45, 7) is 9.01. The number of unbranched alkanes of at least 4 members (excludes halogenated alkanes) is 35. The van der Waals surface area contributed by atoms with Gasteiger partial charge in [0.25, 0.3) is 0 Å². The lowest BCUT2D eigenvalue weighted by Gasteiger charge is -2.18. The van der Waals surface area contributed by atoms with Gasteiger partial charge in [0.1, 0.15) is 13.2 Å². The van der Waals surface area contributed by atoms with Crippen LogP contribution in [0.4, 0.5) is 0 Å². The van der Waals surface area contributed by atoms with Crippen LogP contribution in [0.15, 0.2) is 0 Å². The van der Waals surface area contributed by atoms with Crippen molar-refractivity contribution in [2.75, 3.05) is 13.2 Å². The maximum atomic E-state index is 12.6. The average molecular weight is 849 g/mol. The predicted molar refractivity (Wildman–Crippen MR) is 257 cm³/mol. The molecular weight excluding hydrogens is 745 g/mol. The Balaban J connectivity index is 4.00. The van der Waals surface area contributed by atoms with Gasteiger partial charge in [-0.25, -0.2) is 0 Å². The van der Waals surface area contributed by atoms with Crippen molar-refractivity contribution in [2.45, 2.75) is 310 Å². The van der Waals surface area contributed by atoms with Gasteiger partial charge in [-0.3, -0.25) is 14.4 Å². The molecule has 0 aromatic rings. The molecule has 0 aromatic carbocycles. The van der Waals surface area contributed by atoms with E-state index in [1.165, 1.54) is 193 Å². The van der Waals surface area contributed by atoms with E-state index in [4.69, 9.17) is 14.2 Å². The Kier molecular flexibility index (Phi) is 47.2. The Labute approximate surface area is 374 Å². The molecule has 60 heavy (non-hydrogen) atoms. The smallest absolute Gasteiger partial charge is 0.306 e. The van der Waals surface area contributed by atoms with Crippen LogP contribution in [0.25, 0.3) is 0 Å². The number of hydrogen-bond acceptors (Lipinski definition) is 6. The highest BCUT2D eigenvalue weighted by molar-refractivity contribution is 5.71. The molecule has 0 bridgehead atoms. The zero-order valence-electron chi connectivity index (χ0n) is 40.9. The second kappa shape index (κ2) is 48.4. The van der Waals surface area contributed by atoms with Crippen molar-refractivity contribution in [2.24, 2.45) is 5.92 Å². The monoisotopic (exact) mass is 849 g/mol. The molecule has 0 radical (unpaired) electrons. The van der Waals surface area contributed by atoms with E-state index in [1.54, 1.807) is 0 Å². The van der Waals surface area contributed by atoms with Crippen LogP contribution in [-0.2, 0) is 28.6 Å². The molecule has 6 heteroatoms. The van der Waals surface area contributed by atoms with Crippen molar-refractivity contribution in [3.8, 4) is 0 Å². The zero-order chi connectivity index (χ0) is 43.8. The first-order valence-electron chi connectivity index (χ1n) is 26.9. The summed E-state index contributed by atoms with van der Waals surface area (Å²) in [6, 6.07) is 0. The minimum absolute atomic E-state index is 0.0641. The minimum Gasteiger partial charge on any atom is -0.462 e. The van der Waals surface area contributed by atoms with Crippen molar-refractivity contribution in [3.63, 3.8) is 0 Å². The third-order valence-corrected chi connectivity index (χ3v) is 12.7. The summed E-state index contributed by atoms with van der Waals surface area (Å²) in [5, 5.41) is 0. The Bertz CT molecular complexity index is 905. The standard InChI is InChI=1S/C54H104O6/c1-5-8-10-12-13-14-15-16-21-25-28-31-34-38-41-45-52(55)58-48-51(60-54(57)47-43-36-11-9-6-2)49-59-53(56)46-42-39-35-32-29-26-23-20-18-17-19-22-24-27-30-33-37-40-44-50(4)7-3/h50-51H,5-49H2,1-4H3/t50?,51-/m1/s1. The van der Waals surface area contributed by atoms with Crippen molar-refractivity contribution in [3.05, 3.63) is 0 Å². The molecule has 0 aliphatic carbocycles. The number of esters is 3. The number of rotatable bonds is 49. The third kappa shape index (κ3) is 45.9. The fourth-order valence-corrected chi connectivity index (χ4v) is 8.19. The van der Waals surface area contributed by atoms with Crippen LogP contribution in [0, 0.1) is 5.92 Å². The number of carbonyl (C=O) groups excluding carboxylic acids is 3. The fraction of sp³-hybridized carbons (Fsp3) is 0.944. The highest BCUT2D eigenvalue weighted by atomic mass is 16.6. The maximum Gasteiger partial charge on any atom is 0.306 e. The van der Waals surface area contributed by atoms with Crippen LogP contribution < -0.4 is 0 Å². The lowest BCUT2D eigenvalue weighted by atomic mass is 9.99. The van der Waals surface area contributed by atoms with E-state index in [1.807, 2.05) is 0 Å². The van der Waals surface area contributed by atoms with Gasteiger partial charge in [0, 0.05) is 19.3 Å². The molecule has 0 aliphatic heterocycles. The molecule has 0 aromatic heterocycles. The summed E-state index contributed by atoms with van der Waals surface area (Å²) in [7, 11) is 0. The Morgan fingerprint density at radius 2 is 0.583 bits per heavy atom. The summed E-state index contributed by atoms with van der Waals surface area (Å²) in [6.07, 6.45) is 51.3. The predicted octanol–water partition coefficient (Wildman–Crippen LogP) is 17.5. The van der Waals surface area contributed by atoms with Gasteiger partial charge >= 0.3 is 17.9 Å². The van der Waals surface area contributed by atoms with E-state index in [2.05, 4.69) is 27.7 Å². The highest BCUT2D eigenvalue weighted by Crippen LogP contribution is 2.18. The number of carbonyl (C=O) groups is 3. The molecule has 0 aliphatic rings. The quantitative estimate of drug-likeness (QED) is 0.0345. The first-order valence-corrected chi connectivity index (χ1v) is 26.9. The van der Waals surface area contributed by atoms with Crippen LogP contribution in [0.1, 0.15) is 304 Å². The molecule has 0 saturated heterocycles. The van der Waals surface area contributed by atoms with E-state index in [9.17, 15) is 14.4 Å². The van der Waals surface area contributed by atoms with Gasteiger partial charge in [-0.15, -0.1) is 0 Å². The molecule has 0 heterocycles. The summed E-state index contributed by atoms with van der Waals surface area (Å²) in [5.41, 5.74) is 0. The van der Waals surface area contributed by atoms with Gasteiger partial charge in [0.2, 0.25) is 0 Å². The van der Waals surface area contributed by atoms with E-state index in [-0.39, 0.29) is 31.1 Å². The summed E-state index contributed by atoms with van der Waals surface area (Å²) >= 11 is 0. The van der Waals surface area contributed by atoms with Crippen molar-refractivity contribution in [1.82, 2.24) is 0 Å². The molecule has 0 fully saturated rings. The molecule has 0 amide bonds. The van der Waals surface area contributed by atoms with E-state index >= 15 is 0 Å². The van der Waals surface area contributed by atoms with Gasteiger partial charge in [0.05, 0.1) is 0 Å². The Morgan fingerprint density at radius 3 is 0.867 bits per heavy atom. The van der Waals surface area contributed by atoms with Crippen LogP contribution in [0.3, 0.4) is 0 Å². The molecule has 0 rings (SSSR count). The Hall–Kier alpha value is -1.59. The molecule has 0 spiro atoms. The fourth-order valence-electron chi connectivity index (χ4n) is 8.19. The summed E-state index contributed by atoms with van der Waals surface area (Å²) in [4.78, 5) is 37.7. The highest BCUT2D eigenvalue weighted by Gasteiger charge is 2.19. The number of ether oxygens (including phenoxy) is 3.